The van der Waals surface area contributed by atoms with E-state index in [1.165, 1.54) is 0 Å². The van der Waals surface area contributed by atoms with Crippen molar-refractivity contribution in [2.45, 2.75) is 20.3 Å². The monoisotopic (exact) mass is 174 g/mol. The molecule has 0 saturated heterocycles. The Hall–Kier alpha value is -1.37. The summed E-state index contributed by atoms with van der Waals surface area (Å²) in [7, 11) is 0. The predicted octanol–water partition coefficient (Wildman–Crippen LogP) is 3.07. The molecule has 1 heteroatoms. The number of allylic oxidation sites excluding steroid dienone is 2. The van der Waals surface area contributed by atoms with Gasteiger partial charge in [-0.3, -0.25) is 4.79 Å². The van der Waals surface area contributed by atoms with Gasteiger partial charge in [0, 0.05) is 0 Å². The molecule has 0 aliphatic heterocycles. The number of benzene rings is 1. The van der Waals surface area contributed by atoms with Crippen molar-refractivity contribution in [1.82, 2.24) is 0 Å². The van der Waals surface area contributed by atoms with E-state index in [-0.39, 0.29) is 5.78 Å². The van der Waals surface area contributed by atoms with Crippen molar-refractivity contribution in [3.63, 3.8) is 0 Å². The third-order valence-electron chi connectivity index (χ3n) is 1.90. The van der Waals surface area contributed by atoms with Crippen molar-refractivity contribution in [3.8, 4) is 0 Å². The van der Waals surface area contributed by atoms with Gasteiger partial charge in [0.25, 0.3) is 0 Å². The zero-order chi connectivity index (χ0) is 9.68. The van der Waals surface area contributed by atoms with Crippen LogP contribution in [0.4, 0.5) is 0 Å². The Labute approximate surface area is 79.1 Å². The third-order valence-corrected chi connectivity index (χ3v) is 1.90. The minimum absolute atomic E-state index is 0.112. The summed E-state index contributed by atoms with van der Waals surface area (Å²) in [5.41, 5.74) is 2.24. The molecule has 0 saturated carbocycles. The van der Waals surface area contributed by atoms with E-state index in [2.05, 4.69) is 6.92 Å². The maximum atomic E-state index is 10.9. The van der Waals surface area contributed by atoms with Gasteiger partial charge in [-0.05, 0) is 30.6 Å². The Morgan fingerprint density at radius 2 is 1.92 bits per heavy atom. The van der Waals surface area contributed by atoms with Crippen molar-refractivity contribution in [2.24, 2.45) is 0 Å². The van der Waals surface area contributed by atoms with E-state index in [9.17, 15) is 4.79 Å². The topological polar surface area (TPSA) is 17.1 Å². The molecule has 0 aliphatic rings. The van der Waals surface area contributed by atoms with Crippen molar-refractivity contribution in [3.05, 3.63) is 42.0 Å². The molecule has 68 valence electrons. The van der Waals surface area contributed by atoms with Gasteiger partial charge in [0.1, 0.15) is 0 Å². The van der Waals surface area contributed by atoms with Gasteiger partial charge in [-0.15, -0.1) is 0 Å². The highest BCUT2D eigenvalue weighted by molar-refractivity contribution is 5.95. The molecule has 1 aromatic carbocycles. The number of rotatable bonds is 3. The van der Waals surface area contributed by atoms with Crippen LogP contribution >= 0.6 is 0 Å². The fraction of sp³-hybridized carbons (Fsp3) is 0.250. The van der Waals surface area contributed by atoms with E-state index in [0.29, 0.717) is 0 Å². The molecule has 0 amide bonds. The average molecular weight is 174 g/mol. The first-order valence-corrected chi connectivity index (χ1v) is 4.50. The van der Waals surface area contributed by atoms with Crippen LogP contribution in [0.1, 0.15) is 25.8 Å². The summed E-state index contributed by atoms with van der Waals surface area (Å²) in [5.74, 6) is 0.112. The van der Waals surface area contributed by atoms with E-state index in [1.54, 1.807) is 13.0 Å². The van der Waals surface area contributed by atoms with Crippen molar-refractivity contribution in [2.75, 3.05) is 0 Å². The highest BCUT2D eigenvalue weighted by Gasteiger charge is 1.98. The quantitative estimate of drug-likeness (QED) is 0.643. The van der Waals surface area contributed by atoms with Crippen LogP contribution in [0.15, 0.2) is 36.4 Å². The van der Waals surface area contributed by atoms with Gasteiger partial charge in [-0.25, -0.2) is 0 Å². The molecule has 0 unspecified atom stereocenters. The van der Waals surface area contributed by atoms with E-state index in [0.717, 1.165) is 17.6 Å². The second-order valence-corrected chi connectivity index (χ2v) is 3.00. The summed E-state index contributed by atoms with van der Waals surface area (Å²) in [5, 5.41) is 0. The molecular formula is C12H14O. The molecule has 0 aliphatic carbocycles. The lowest BCUT2D eigenvalue weighted by molar-refractivity contribution is -0.112. The number of hydrogen-bond donors (Lipinski definition) is 0. The highest BCUT2D eigenvalue weighted by atomic mass is 16.1. The van der Waals surface area contributed by atoms with Crippen LogP contribution in [0, 0.1) is 0 Å². The Bertz CT molecular complexity index is 309. The van der Waals surface area contributed by atoms with Crippen molar-refractivity contribution < 1.29 is 4.79 Å². The normalized spacial score (nSPS) is 11.4. The maximum Gasteiger partial charge on any atom is 0.152 e. The zero-order valence-corrected chi connectivity index (χ0v) is 8.08. The molecule has 0 bridgehead atoms. The SMILES string of the molecule is CCC(=CC(C)=O)c1ccccc1. The zero-order valence-electron chi connectivity index (χ0n) is 8.08. The van der Waals surface area contributed by atoms with Crippen LogP contribution in [0.5, 0.6) is 0 Å². The van der Waals surface area contributed by atoms with Crippen molar-refractivity contribution >= 4 is 11.4 Å². The third kappa shape index (κ3) is 2.86. The summed E-state index contributed by atoms with van der Waals surface area (Å²) in [6, 6.07) is 10.00. The first-order chi connectivity index (χ1) is 6.24. The van der Waals surface area contributed by atoms with Crippen LogP contribution in [-0.2, 0) is 4.79 Å². The van der Waals surface area contributed by atoms with E-state index >= 15 is 0 Å². The maximum absolute atomic E-state index is 10.9. The highest BCUT2D eigenvalue weighted by Crippen LogP contribution is 2.16. The van der Waals surface area contributed by atoms with Gasteiger partial charge in [0.05, 0.1) is 0 Å². The lowest BCUT2D eigenvalue weighted by Crippen LogP contribution is -1.88. The largest absolute Gasteiger partial charge is 0.295 e. The molecular weight excluding hydrogens is 160 g/mol. The van der Waals surface area contributed by atoms with Gasteiger partial charge in [-0.1, -0.05) is 37.3 Å². The molecule has 1 aromatic rings. The number of hydrogen-bond acceptors (Lipinski definition) is 1. The van der Waals surface area contributed by atoms with Crippen molar-refractivity contribution in [1.29, 1.82) is 0 Å². The average Bonchev–Trinajstić information content (AvgIpc) is 2.15. The summed E-state index contributed by atoms with van der Waals surface area (Å²) in [4.78, 5) is 10.9. The first-order valence-electron chi connectivity index (χ1n) is 4.50. The van der Waals surface area contributed by atoms with Crippen LogP contribution < -0.4 is 0 Å². The van der Waals surface area contributed by atoms with E-state index in [4.69, 9.17) is 0 Å². The summed E-state index contributed by atoms with van der Waals surface area (Å²) in [6.07, 6.45) is 2.60. The Morgan fingerprint density at radius 1 is 1.31 bits per heavy atom. The summed E-state index contributed by atoms with van der Waals surface area (Å²) < 4.78 is 0. The lowest BCUT2D eigenvalue weighted by Gasteiger charge is -2.02. The Balaban J connectivity index is 2.98. The van der Waals surface area contributed by atoms with E-state index in [1.807, 2.05) is 30.3 Å². The number of ketones is 1. The van der Waals surface area contributed by atoms with Gasteiger partial charge in [0.15, 0.2) is 5.78 Å². The number of carbonyl (C=O) groups excluding carboxylic acids is 1. The molecule has 1 rings (SSSR count). The van der Waals surface area contributed by atoms with Gasteiger partial charge in [-0.2, -0.15) is 0 Å². The molecule has 1 nitrogen and oxygen atoms in total. The second kappa shape index (κ2) is 4.61. The molecule has 13 heavy (non-hydrogen) atoms. The Morgan fingerprint density at radius 3 is 2.38 bits per heavy atom. The molecule has 0 spiro atoms. The Kier molecular flexibility index (Phi) is 3.44. The van der Waals surface area contributed by atoms with Gasteiger partial charge < -0.3 is 0 Å². The second-order valence-electron chi connectivity index (χ2n) is 3.00. The molecule has 0 aromatic heterocycles. The van der Waals surface area contributed by atoms with E-state index < -0.39 is 0 Å². The molecule has 0 radical (unpaired) electrons. The smallest absolute Gasteiger partial charge is 0.152 e. The lowest BCUT2D eigenvalue weighted by atomic mass is 10.0. The fourth-order valence-electron chi connectivity index (χ4n) is 1.29. The van der Waals surface area contributed by atoms with Crippen LogP contribution in [-0.4, -0.2) is 5.78 Å². The summed E-state index contributed by atoms with van der Waals surface area (Å²) in [6.45, 7) is 3.64. The number of carbonyl (C=O) groups is 1. The molecule has 0 fully saturated rings. The minimum Gasteiger partial charge on any atom is -0.295 e. The first kappa shape index (κ1) is 9.72. The molecule has 0 N–H and O–H groups in total. The van der Waals surface area contributed by atoms with Crippen LogP contribution in [0.2, 0.25) is 0 Å². The molecule has 0 heterocycles. The standard InChI is InChI=1S/C12H14O/c1-3-11(9-10(2)13)12-7-5-4-6-8-12/h4-9H,3H2,1-2H3. The van der Waals surface area contributed by atoms with Gasteiger partial charge in [0.2, 0.25) is 0 Å². The van der Waals surface area contributed by atoms with Crippen LogP contribution in [0.25, 0.3) is 5.57 Å². The summed E-state index contributed by atoms with van der Waals surface area (Å²) >= 11 is 0. The van der Waals surface area contributed by atoms with Crippen LogP contribution in [0.3, 0.4) is 0 Å². The fourth-order valence-corrected chi connectivity index (χ4v) is 1.29. The minimum atomic E-state index is 0.112. The molecule has 0 atom stereocenters. The van der Waals surface area contributed by atoms with Gasteiger partial charge >= 0.3 is 0 Å². The predicted molar refractivity (Wildman–Crippen MR) is 55.4 cm³/mol.